The number of hydrogen-bond donors (Lipinski definition) is 0. The number of alkyl halides is 1. The third-order valence-corrected chi connectivity index (χ3v) is 4.29. The lowest BCUT2D eigenvalue weighted by Gasteiger charge is -2.35. The van der Waals surface area contributed by atoms with Gasteiger partial charge in [0.15, 0.2) is 0 Å². The molecule has 0 saturated carbocycles. The molecular weight excluding hydrogens is 314 g/mol. The van der Waals surface area contributed by atoms with E-state index in [2.05, 4.69) is 26.9 Å². The second-order valence-electron chi connectivity index (χ2n) is 4.82. The van der Waals surface area contributed by atoms with E-state index in [9.17, 15) is 0 Å². The Hall–Kier alpha value is -0.250. The maximum Gasteiger partial charge on any atom is 0.0507 e. The van der Waals surface area contributed by atoms with Gasteiger partial charge in [0.25, 0.3) is 0 Å². The standard InChI is InChI=1S/C14H19BrClNO/c1-18-10-11-3-2-6-17(9-11)14-5-4-13(16)7-12(14)8-15/h4-5,7,11H,2-3,6,8-10H2,1H3. The van der Waals surface area contributed by atoms with Crippen LogP contribution in [0.25, 0.3) is 0 Å². The van der Waals surface area contributed by atoms with Gasteiger partial charge in [-0.2, -0.15) is 0 Å². The van der Waals surface area contributed by atoms with Crippen molar-refractivity contribution >= 4 is 33.2 Å². The van der Waals surface area contributed by atoms with Gasteiger partial charge in [-0.25, -0.2) is 0 Å². The number of nitrogens with zero attached hydrogens (tertiary/aromatic N) is 1. The molecule has 100 valence electrons. The van der Waals surface area contributed by atoms with Gasteiger partial charge in [0.1, 0.15) is 0 Å². The van der Waals surface area contributed by atoms with E-state index in [4.69, 9.17) is 16.3 Å². The summed E-state index contributed by atoms with van der Waals surface area (Å²) in [6, 6.07) is 6.16. The van der Waals surface area contributed by atoms with Gasteiger partial charge in [-0.1, -0.05) is 27.5 Å². The number of methoxy groups -OCH3 is 1. The molecule has 0 bridgehead atoms. The first-order valence-electron chi connectivity index (χ1n) is 6.33. The van der Waals surface area contributed by atoms with Crippen LogP contribution in [0.3, 0.4) is 0 Å². The molecule has 0 radical (unpaired) electrons. The number of benzene rings is 1. The Labute approximate surface area is 122 Å². The second kappa shape index (κ2) is 6.78. The van der Waals surface area contributed by atoms with Gasteiger partial charge in [0.2, 0.25) is 0 Å². The van der Waals surface area contributed by atoms with Gasteiger partial charge in [0.05, 0.1) is 6.61 Å². The first-order valence-corrected chi connectivity index (χ1v) is 7.82. The minimum absolute atomic E-state index is 0.641. The summed E-state index contributed by atoms with van der Waals surface area (Å²) in [5.74, 6) is 0.641. The van der Waals surface area contributed by atoms with Crippen LogP contribution in [0.1, 0.15) is 18.4 Å². The fraction of sp³-hybridized carbons (Fsp3) is 0.571. The third-order valence-electron chi connectivity index (χ3n) is 3.45. The number of piperidine rings is 1. The molecule has 0 amide bonds. The molecule has 1 aliphatic rings. The number of ether oxygens (including phenoxy) is 1. The fourth-order valence-corrected chi connectivity index (χ4v) is 3.27. The van der Waals surface area contributed by atoms with Crippen LogP contribution in [0.4, 0.5) is 5.69 Å². The summed E-state index contributed by atoms with van der Waals surface area (Å²) in [5.41, 5.74) is 2.57. The van der Waals surface area contributed by atoms with Crippen LogP contribution in [0.5, 0.6) is 0 Å². The molecule has 0 aliphatic carbocycles. The van der Waals surface area contributed by atoms with Crippen molar-refractivity contribution in [3.8, 4) is 0 Å². The molecule has 0 aromatic heterocycles. The zero-order valence-corrected chi connectivity index (χ0v) is 13.0. The summed E-state index contributed by atoms with van der Waals surface area (Å²) < 4.78 is 5.28. The van der Waals surface area contributed by atoms with Crippen LogP contribution in [0, 0.1) is 5.92 Å². The Bertz CT molecular complexity index is 397. The van der Waals surface area contributed by atoms with Crippen LogP contribution in [0.15, 0.2) is 18.2 Å². The quantitative estimate of drug-likeness (QED) is 0.770. The van der Waals surface area contributed by atoms with Crippen molar-refractivity contribution < 1.29 is 4.74 Å². The first kappa shape index (κ1) is 14.2. The molecule has 1 saturated heterocycles. The molecule has 1 fully saturated rings. The highest BCUT2D eigenvalue weighted by atomic mass is 79.9. The predicted molar refractivity (Wildman–Crippen MR) is 80.9 cm³/mol. The normalized spacial score (nSPS) is 20.2. The summed E-state index contributed by atoms with van der Waals surface area (Å²) in [5, 5.41) is 1.65. The smallest absolute Gasteiger partial charge is 0.0507 e. The molecule has 1 unspecified atom stereocenters. The molecule has 0 spiro atoms. The molecule has 4 heteroatoms. The average molecular weight is 333 g/mol. The van der Waals surface area contributed by atoms with Crippen molar-refractivity contribution in [1.82, 2.24) is 0 Å². The summed E-state index contributed by atoms with van der Waals surface area (Å²) in [7, 11) is 1.78. The van der Waals surface area contributed by atoms with E-state index in [0.717, 1.165) is 30.0 Å². The number of anilines is 1. The van der Waals surface area contributed by atoms with E-state index < -0.39 is 0 Å². The summed E-state index contributed by atoms with van der Waals surface area (Å²) in [4.78, 5) is 2.46. The molecule has 1 aliphatic heterocycles. The minimum atomic E-state index is 0.641. The van der Waals surface area contributed by atoms with Crippen LogP contribution < -0.4 is 4.90 Å². The molecule has 18 heavy (non-hydrogen) atoms. The molecule has 2 rings (SSSR count). The second-order valence-corrected chi connectivity index (χ2v) is 5.81. The van der Waals surface area contributed by atoms with E-state index >= 15 is 0 Å². The molecule has 1 heterocycles. The summed E-state index contributed by atoms with van der Waals surface area (Å²) >= 11 is 9.60. The predicted octanol–water partition coefficient (Wildman–Crippen LogP) is 4.10. The van der Waals surface area contributed by atoms with E-state index in [0.29, 0.717) is 5.92 Å². The topological polar surface area (TPSA) is 12.5 Å². The summed E-state index contributed by atoms with van der Waals surface area (Å²) in [6.45, 7) is 3.06. The van der Waals surface area contributed by atoms with Crippen LogP contribution in [-0.2, 0) is 10.1 Å². The monoisotopic (exact) mass is 331 g/mol. The lowest BCUT2D eigenvalue weighted by molar-refractivity contribution is 0.143. The van der Waals surface area contributed by atoms with Gasteiger partial charge < -0.3 is 9.64 Å². The highest BCUT2D eigenvalue weighted by Gasteiger charge is 2.21. The van der Waals surface area contributed by atoms with E-state index in [-0.39, 0.29) is 0 Å². The van der Waals surface area contributed by atoms with E-state index in [1.54, 1.807) is 7.11 Å². The zero-order valence-electron chi connectivity index (χ0n) is 10.7. The Morgan fingerprint density at radius 3 is 3.06 bits per heavy atom. The Morgan fingerprint density at radius 1 is 1.50 bits per heavy atom. The van der Waals surface area contributed by atoms with E-state index in [1.165, 1.54) is 24.1 Å². The van der Waals surface area contributed by atoms with Crippen molar-refractivity contribution in [3.63, 3.8) is 0 Å². The SMILES string of the molecule is COCC1CCCN(c2ccc(Cl)cc2CBr)C1. The Kier molecular flexibility index (Phi) is 5.34. The molecule has 1 aromatic rings. The lowest BCUT2D eigenvalue weighted by atomic mass is 9.98. The number of hydrogen-bond acceptors (Lipinski definition) is 2. The van der Waals surface area contributed by atoms with Gasteiger partial charge >= 0.3 is 0 Å². The van der Waals surface area contributed by atoms with Crippen LogP contribution in [0.2, 0.25) is 5.02 Å². The molecule has 1 atom stereocenters. The third kappa shape index (κ3) is 3.40. The molecule has 2 nitrogen and oxygen atoms in total. The van der Waals surface area contributed by atoms with Crippen LogP contribution in [-0.4, -0.2) is 26.8 Å². The fourth-order valence-electron chi connectivity index (χ4n) is 2.63. The van der Waals surface area contributed by atoms with Crippen LogP contribution >= 0.6 is 27.5 Å². The van der Waals surface area contributed by atoms with Crippen molar-refractivity contribution in [2.45, 2.75) is 18.2 Å². The highest BCUT2D eigenvalue weighted by molar-refractivity contribution is 9.08. The average Bonchev–Trinajstić information content (AvgIpc) is 2.39. The van der Waals surface area contributed by atoms with Crippen molar-refractivity contribution in [2.75, 3.05) is 31.7 Å². The van der Waals surface area contributed by atoms with Crippen molar-refractivity contribution in [2.24, 2.45) is 5.92 Å². The van der Waals surface area contributed by atoms with Gasteiger partial charge in [-0.15, -0.1) is 0 Å². The van der Waals surface area contributed by atoms with Gasteiger partial charge in [-0.3, -0.25) is 0 Å². The maximum absolute atomic E-state index is 6.05. The molecule has 1 aromatic carbocycles. The summed E-state index contributed by atoms with van der Waals surface area (Å²) in [6.07, 6.45) is 2.50. The van der Waals surface area contributed by atoms with Gasteiger partial charge in [0, 0.05) is 36.2 Å². The maximum atomic E-state index is 6.05. The molecule has 0 N–H and O–H groups in total. The van der Waals surface area contributed by atoms with E-state index in [1.807, 2.05) is 12.1 Å². The lowest BCUT2D eigenvalue weighted by Crippen LogP contribution is -2.37. The Balaban J connectivity index is 2.15. The first-order chi connectivity index (χ1) is 8.74. The van der Waals surface area contributed by atoms with Gasteiger partial charge in [-0.05, 0) is 42.5 Å². The number of halogens is 2. The Morgan fingerprint density at radius 2 is 2.33 bits per heavy atom. The largest absolute Gasteiger partial charge is 0.384 e. The molecular formula is C14H19BrClNO. The number of rotatable bonds is 4. The minimum Gasteiger partial charge on any atom is -0.384 e. The highest BCUT2D eigenvalue weighted by Crippen LogP contribution is 2.30. The van der Waals surface area contributed by atoms with Crippen molar-refractivity contribution in [1.29, 1.82) is 0 Å². The van der Waals surface area contributed by atoms with Crippen molar-refractivity contribution in [3.05, 3.63) is 28.8 Å². The zero-order chi connectivity index (χ0) is 13.0.